The van der Waals surface area contributed by atoms with Crippen LogP contribution in [0.4, 0.5) is 5.69 Å². The van der Waals surface area contributed by atoms with Gasteiger partial charge in [0.1, 0.15) is 5.57 Å². The lowest BCUT2D eigenvalue weighted by Crippen LogP contribution is -2.35. The summed E-state index contributed by atoms with van der Waals surface area (Å²) in [5.41, 5.74) is 4.33. The van der Waals surface area contributed by atoms with Gasteiger partial charge in [0.15, 0.2) is 11.5 Å². The minimum Gasteiger partial charge on any atom is -0.503 e. The molecule has 2 N–H and O–H groups in total. The number of anilines is 1. The number of aromatic hydroxyl groups is 1. The molecule has 0 aromatic heterocycles. The molecule has 0 spiro atoms. The van der Waals surface area contributed by atoms with E-state index in [9.17, 15) is 14.7 Å². The van der Waals surface area contributed by atoms with E-state index >= 15 is 0 Å². The van der Waals surface area contributed by atoms with Gasteiger partial charge in [-0.1, -0.05) is 17.7 Å². The summed E-state index contributed by atoms with van der Waals surface area (Å²) in [7, 11) is 1.41. The number of carbonyl (C=O) groups is 2. The first-order valence-electron chi connectivity index (χ1n) is 7.51. The molecule has 1 aliphatic rings. The van der Waals surface area contributed by atoms with Crippen molar-refractivity contribution in [2.24, 2.45) is 0 Å². The Labute approximate surface area is 163 Å². The quantitative estimate of drug-likeness (QED) is 0.568. The van der Waals surface area contributed by atoms with Gasteiger partial charge < -0.3 is 9.84 Å². The minimum absolute atomic E-state index is 0.0404. The number of hydrogen-bond acceptors (Lipinski definition) is 4. The smallest absolute Gasteiger partial charge is 0.282 e. The lowest BCUT2D eigenvalue weighted by Gasteiger charge is -2.15. The molecule has 6 nitrogen and oxygen atoms in total. The Morgan fingerprint density at radius 1 is 1.27 bits per heavy atom. The zero-order valence-electron chi connectivity index (χ0n) is 13.8. The highest BCUT2D eigenvalue weighted by molar-refractivity contribution is 9.10. The Morgan fingerprint density at radius 3 is 2.65 bits per heavy atom. The van der Waals surface area contributed by atoms with Gasteiger partial charge in [0.05, 0.1) is 17.3 Å². The standard InChI is InChI=1S/C18H14BrClN2O4/c1-9-3-4-11(8-14(9)20)22-18(25)12(17(24)21-22)5-10-6-13(19)16(23)15(7-10)26-2/h3-8,23H,1-2H3,(H,21,24)/b12-5+. The summed E-state index contributed by atoms with van der Waals surface area (Å²) in [5, 5.41) is 11.5. The van der Waals surface area contributed by atoms with Crippen molar-refractivity contribution in [3.05, 3.63) is 56.5 Å². The summed E-state index contributed by atoms with van der Waals surface area (Å²) in [6.07, 6.45) is 1.43. The molecule has 8 heteroatoms. The molecule has 0 unspecified atom stereocenters. The van der Waals surface area contributed by atoms with E-state index in [4.69, 9.17) is 16.3 Å². The van der Waals surface area contributed by atoms with Crippen LogP contribution in [-0.2, 0) is 9.59 Å². The van der Waals surface area contributed by atoms with E-state index in [1.807, 2.05) is 6.92 Å². The van der Waals surface area contributed by atoms with Gasteiger partial charge in [0.2, 0.25) is 0 Å². The highest BCUT2D eigenvalue weighted by Gasteiger charge is 2.34. The predicted molar refractivity (Wildman–Crippen MR) is 102 cm³/mol. The highest BCUT2D eigenvalue weighted by Crippen LogP contribution is 2.36. The molecule has 0 saturated carbocycles. The van der Waals surface area contributed by atoms with E-state index < -0.39 is 11.8 Å². The van der Waals surface area contributed by atoms with Crippen molar-refractivity contribution in [3.8, 4) is 11.5 Å². The monoisotopic (exact) mass is 436 g/mol. The Bertz CT molecular complexity index is 958. The average molecular weight is 438 g/mol. The number of nitrogens with zero attached hydrogens (tertiary/aromatic N) is 1. The van der Waals surface area contributed by atoms with Gasteiger partial charge in [-0.05, 0) is 64.3 Å². The average Bonchev–Trinajstić information content (AvgIpc) is 2.88. The fourth-order valence-electron chi connectivity index (χ4n) is 2.46. The van der Waals surface area contributed by atoms with Crippen molar-refractivity contribution < 1.29 is 19.4 Å². The van der Waals surface area contributed by atoms with Crippen LogP contribution in [0.3, 0.4) is 0 Å². The summed E-state index contributed by atoms with van der Waals surface area (Å²) in [4.78, 5) is 24.9. The molecule has 1 saturated heterocycles. The van der Waals surface area contributed by atoms with Crippen LogP contribution >= 0.6 is 27.5 Å². The summed E-state index contributed by atoms with van der Waals surface area (Å²) in [6.45, 7) is 1.85. The van der Waals surface area contributed by atoms with E-state index in [1.54, 1.807) is 24.3 Å². The minimum atomic E-state index is -0.533. The number of nitrogens with one attached hydrogen (secondary N) is 1. The van der Waals surface area contributed by atoms with Crippen LogP contribution in [0.15, 0.2) is 40.4 Å². The maximum Gasteiger partial charge on any atom is 0.282 e. The number of hydrazine groups is 1. The predicted octanol–water partition coefficient (Wildman–Crippen LogP) is 3.59. The molecule has 0 bridgehead atoms. The number of methoxy groups -OCH3 is 1. The van der Waals surface area contributed by atoms with Crippen LogP contribution in [0.5, 0.6) is 11.5 Å². The number of phenolic OH excluding ortho intramolecular Hbond substituents is 1. The van der Waals surface area contributed by atoms with Crippen molar-refractivity contribution in [3.63, 3.8) is 0 Å². The number of benzene rings is 2. The molecular weight excluding hydrogens is 424 g/mol. The fourth-order valence-corrected chi connectivity index (χ4v) is 3.09. The Kier molecular flexibility index (Phi) is 4.93. The topological polar surface area (TPSA) is 78.9 Å². The van der Waals surface area contributed by atoms with Gasteiger partial charge in [-0.3, -0.25) is 15.0 Å². The molecule has 0 atom stereocenters. The number of aryl methyl sites for hydroxylation is 1. The second kappa shape index (κ2) is 7.01. The second-order valence-electron chi connectivity index (χ2n) is 5.63. The van der Waals surface area contributed by atoms with Gasteiger partial charge >= 0.3 is 0 Å². The molecule has 0 radical (unpaired) electrons. The number of hydrogen-bond donors (Lipinski definition) is 2. The van der Waals surface area contributed by atoms with Crippen LogP contribution in [0.1, 0.15) is 11.1 Å². The van der Waals surface area contributed by atoms with E-state index in [2.05, 4.69) is 21.4 Å². The third kappa shape index (κ3) is 3.27. The third-order valence-corrected chi connectivity index (χ3v) is 4.90. The zero-order chi connectivity index (χ0) is 19.0. The van der Waals surface area contributed by atoms with Crippen LogP contribution in [0, 0.1) is 6.92 Å². The Hall–Kier alpha value is -2.51. The maximum absolute atomic E-state index is 12.7. The molecule has 0 aliphatic carbocycles. The van der Waals surface area contributed by atoms with Crippen LogP contribution < -0.4 is 15.2 Å². The first-order valence-corrected chi connectivity index (χ1v) is 8.68. The van der Waals surface area contributed by atoms with Gasteiger partial charge in [-0.2, -0.15) is 0 Å². The van der Waals surface area contributed by atoms with E-state index in [0.29, 0.717) is 20.7 Å². The molecule has 26 heavy (non-hydrogen) atoms. The number of halogens is 2. The molecular formula is C18H14BrClN2O4. The molecule has 134 valence electrons. The molecule has 1 fully saturated rings. The first kappa shape index (κ1) is 18.3. The van der Waals surface area contributed by atoms with Gasteiger partial charge in [0.25, 0.3) is 11.8 Å². The zero-order valence-corrected chi connectivity index (χ0v) is 16.2. The normalized spacial score (nSPS) is 15.5. The Balaban J connectivity index is 1.98. The van der Waals surface area contributed by atoms with Gasteiger partial charge in [0, 0.05) is 5.02 Å². The third-order valence-electron chi connectivity index (χ3n) is 3.89. The summed E-state index contributed by atoms with van der Waals surface area (Å²) in [5.74, 6) is -0.875. The van der Waals surface area contributed by atoms with Gasteiger partial charge in [-0.15, -0.1) is 0 Å². The summed E-state index contributed by atoms with van der Waals surface area (Å²) in [6, 6.07) is 8.18. The van der Waals surface area contributed by atoms with Crippen molar-refractivity contribution in [2.45, 2.75) is 6.92 Å². The fraction of sp³-hybridized carbons (Fsp3) is 0.111. The number of phenols is 1. The SMILES string of the molecule is COc1cc(/C=C2\C(=O)NN(c3ccc(C)c(Cl)c3)C2=O)cc(Br)c1O. The van der Waals surface area contributed by atoms with Crippen LogP contribution in [0.25, 0.3) is 6.08 Å². The number of carbonyl (C=O) groups excluding carboxylic acids is 2. The number of rotatable bonds is 3. The van der Waals surface area contributed by atoms with Crippen molar-refractivity contribution in [1.82, 2.24) is 5.43 Å². The molecule has 1 heterocycles. The molecule has 3 rings (SSSR count). The highest BCUT2D eigenvalue weighted by atomic mass is 79.9. The Morgan fingerprint density at radius 2 is 2.00 bits per heavy atom. The van der Waals surface area contributed by atoms with Crippen molar-refractivity contribution in [1.29, 1.82) is 0 Å². The van der Waals surface area contributed by atoms with E-state index in [-0.39, 0.29) is 17.1 Å². The second-order valence-corrected chi connectivity index (χ2v) is 6.89. The molecule has 2 aromatic carbocycles. The summed E-state index contributed by atoms with van der Waals surface area (Å²) < 4.78 is 5.47. The van der Waals surface area contributed by atoms with Crippen LogP contribution in [0.2, 0.25) is 5.02 Å². The molecule has 1 aliphatic heterocycles. The van der Waals surface area contributed by atoms with E-state index in [1.165, 1.54) is 19.3 Å². The van der Waals surface area contributed by atoms with E-state index in [0.717, 1.165) is 10.6 Å². The number of ether oxygens (including phenoxy) is 1. The largest absolute Gasteiger partial charge is 0.503 e. The van der Waals surface area contributed by atoms with Gasteiger partial charge in [-0.25, -0.2) is 5.01 Å². The molecule has 2 amide bonds. The number of amides is 2. The lowest BCUT2D eigenvalue weighted by atomic mass is 10.1. The maximum atomic E-state index is 12.7. The van der Waals surface area contributed by atoms with Crippen molar-refractivity contribution in [2.75, 3.05) is 12.1 Å². The lowest BCUT2D eigenvalue weighted by molar-refractivity contribution is -0.117. The summed E-state index contributed by atoms with van der Waals surface area (Å²) >= 11 is 9.31. The van der Waals surface area contributed by atoms with Crippen molar-refractivity contribution >= 4 is 51.1 Å². The molecule has 2 aromatic rings. The van der Waals surface area contributed by atoms with Crippen LogP contribution in [-0.4, -0.2) is 24.0 Å². The first-order chi connectivity index (χ1) is 12.3.